The Morgan fingerprint density at radius 2 is 1.88 bits per heavy atom. The van der Waals surface area contributed by atoms with Crippen molar-refractivity contribution in [3.05, 3.63) is 29.8 Å². The molecule has 0 unspecified atom stereocenters. The van der Waals surface area contributed by atoms with Gasteiger partial charge in [0, 0.05) is 37.0 Å². The van der Waals surface area contributed by atoms with Crippen LogP contribution < -0.4 is 5.32 Å². The van der Waals surface area contributed by atoms with Gasteiger partial charge in [-0.25, -0.2) is 0 Å². The summed E-state index contributed by atoms with van der Waals surface area (Å²) in [5.74, 6) is 0.236. The topological polar surface area (TPSA) is 89.9 Å². The third-order valence-corrected chi connectivity index (χ3v) is 5.67. The lowest BCUT2D eigenvalue weighted by atomic mass is 9.93. The number of benzene rings is 1. The summed E-state index contributed by atoms with van der Waals surface area (Å²) < 4.78 is 0. The summed E-state index contributed by atoms with van der Waals surface area (Å²) in [5.41, 5.74) is 0.595. The van der Waals surface area contributed by atoms with Gasteiger partial charge in [-0.3, -0.25) is 9.59 Å². The molecule has 1 saturated carbocycles. The Hall–Kier alpha value is -2.08. The Bertz CT molecular complexity index is 642. The van der Waals surface area contributed by atoms with Gasteiger partial charge < -0.3 is 20.4 Å². The second-order valence-electron chi connectivity index (χ2n) is 7.49. The minimum Gasteiger partial charge on any atom is -0.508 e. The van der Waals surface area contributed by atoms with Gasteiger partial charge in [0.1, 0.15) is 5.75 Å². The number of amides is 2. The highest BCUT2D eigenvalue weighted by molar-refractivity contribution is 5.80. The number of nitrogens with one attached hydrogen (secondary N) is 1. The fraction of sp³-hybridized carbons (Fsp3) is 0.600. The van der Waals surface area contributed by atoms with Crippen molar-refractivity contribution in [2.24, 2.45) is 11.8 Å². The van der Waals surface area contributed by atoms with E-state index in [9.17, 15) is 19.8 Å². The van der Waals surface area contributed by atoms with Crippen LogP contribution in [-0.4, -0.2) is 52.7 Å². The summed E-state index contributed by atoms with van der Waals surface area (Å²) in [7, 11) is 0. The third kappa shape index (κ3) is 4.55. The molecule has 1 aliphatic carbocycles. The zero-order valence-electron chi connectivity index (χ0n) is 15.1. The summed E-state index contributed by atoms with van der Waals surface area (Å²) in [5, 5.41) is 23.2. The number of nitrogens with zero attached hydrogens (tertiary/aromatic N) is 1. The van der Waals surface area contributed by atoms with Crippen LogP contribution in [0.5, 0.6) is 5.75 Å². The summed E-state index contributed by atoms with van der Waals surface area (Å²) in [6, 6.07) is 6.81. The van der Waals surface area contributed by atoms with Gasteiger partial charge in [-0.2, -0.15) is 0 Å². The molecule has 2 fully saturated rings. The van der Waals surface area contributed by atoms with Crippen LogP contribution in [-0.2, 0) is 16.0 Å². The standard InChI is InChI=1S/C20H28N2O4/c23-17-8-4-3-7-15(17)11-19(25)22-10-9-16(18(24)13-22)12-21-20(26)14-5-1-2-6-14/h3-4,7-8,14,16,18,23-24H,1-2,5-6,9-13H2,(H,21,26)/t16-,18+/m0/s1. The van der Waals surface area contributed by atoms with Gasteiger partial charge in [0.05, 0.1) is 12.5 Å². The molecule has 3 N–H and O–H groups in total. The number of piperidine rings is 1. The van der Waals surface area contributed by atoms with E-state index in [0.29, 0.717) is 25.1 Å². The summed E-state index contributed by atoms with van der Waals surface area (Å²) in [6.07, 6.45) is 4.33. The van der Waals surface area contributed by atoms with Crippen LogP contribution in [0.15, 0.2) is 24.3 Å². The first kappa shape index (κ1) is 18.7. The molecule has 2 atom stereocenters. The highest BCUT2D eigenvalue weighted by Gasteiger charge is 2.31. The first-order valence-electron chi connectivity index (χ1n) is 9.55. The van der Waals surface area contributed by atoms with E-state index >= 15 is 0 Å². The number of aromatic hydroxyl groups is 1. The molecule has 2 aliphatic rings. The average molecular weight is 360 g/mol. The predicted molar refractivity (Wildman–Crippen MR) is 97.5 cm³/mol. The predicted octanol–water partition coefficient (Wildman–Crippen LogP) is 1.45. The van der Waals surface area contributed by atoms with Crippen molar-refractivity contribution in [2.45, 2.75) is 44.6 Å². The van der Waals surface area contributed by atoms with Gasteiger partial charge in [0.15, 0.2) is 0 Å². The number of phenolic OH excluding ortho intramolecular Hbond substituents is 1. The molecule has 6 heteroatoms. The molecule has 1 aliphatic heterocycles. The number of β-amino-alcohol motifs (C(OH)–C–C–N with tert-alkyl or cyclic N) is 1. The van der Waals surface area contributed by atoms with E-state index in [-0.39, 0.29) is 42.4 Å². The van der Waals surface area contributed by atoms with Gasteiger partial charge in [-0.15, -0.1) is 0 Å². The molecule has 6 nitrogen and oxygen atoms in total. The summed E-state index contributed by atoms with van der Waals surface area (Å²) in [4.78, 5) is 26.2. The number of carbonyl (C=O) groups excluding carboxylic acids is 2. The maximum absolute atomic E-state index is 12.4. The highest BCUT2D eigenvalue weighted by Crippen LogP contribution is 2.25. The molecular weight excluding hydrogens is 332 g/mol. The van der Waals surface area contributed by atoms with Gasteiger partial charge >= 0.3 is 0 Å². The lowest BCUT2D eigenvalue weighted by molar-refractivity contribution is -0.135. The van der Waals surface area contributed by atoms with E-state index in [4.69, 9.17) is 0 Å². The Balaban J connectivity index is 1.46. The Morgan fingerprint density at radius 1 is 1.15 bits per heavy atom. The van der Waals surface area contributed by atoms with Crippen molar-refractivity contribution in [3.63, 3.8) is 0 Å². The van der Waals surface area contributed by atoms with E-state index in [1.165, 1.54) is 0 Å². The molecule has 142 valence electrons. The first-order chi connectivity index (χ1) is 12.5. The number of aliphatic hydroxyl groups is 1. The molecule has 1 saturated heterocycles. The maximum atomic E-state index is 12.4. The average Bonchev–Trinajstić information content (AvgIpc) is 3.17. The second-order valence-corrected chi connectivity index (χ2v) is 7.49. The SMILES string of the molecule is O=C(NC[C@@H]1CCN(C(=O)Cc2ccccc2O)C[C@H]1O)C1CCCC1. The molecule has 3 rings (SSSR count). The molecule has 1 aromatic carbocycles. The minimum absolute atomic E-state index is 0.0190. The summed E-state index contributed by atoms with van der Waals surface area (Å²) >= 11 is 0. The van der Waals surface area contributed by atoms with Gasteiger partial charge in [-0.05, 0) is 25.3 Å². The van der Waals surface area contributed by atoms with Crippen LogP contribution in [0.2, 0.25) is 0 Å². The molecule has 0 spiro atoms. The minimum atomic E-state index is -0.638. The smallest absolute Gasteiger partial charge is 0.227 e. The summed E-state index contributed by atoms with van der Waals surface area (Å²) in [6.45, 7) is 1.31. The maximum Gasteiger partial charge on any atom is 0.227 e. The van der Waals surface area contributed by atoms with E-state index in [0.717, 1.165) is 25.7 Å². The van der Waals surface area contributed by atoms with Crippen molar-refractivity contribution in [1.82, 2.24) is 10.2 Å². The molecule has 0 radical (unpaired) electrons. The van der Waals surface area contributed by atoms with Crippen LogP contribution in [0.1, 0.15) is 37.7 Å². The molecule has 2 amide bonds. The Kier molecular flexibility index (Phi) is 6.14. The number of phenols is 1. The number of likely N-dealkylation sites (tertiary alicyclic amines) is 1. The zero-order chi connectivity index (χ0) is 18.5. The lowest BCUT2D eigenvalue weighted by Gasteiger charge is -2.36. The number of carbonyl (C=O) groups is 2. The Morgan fingerprint density at radius 3 is 2.58 bits per heavy atom. The van der Waals surface area contributed by atoms with Crippen LogP contribution >= 0.6 is 0 Å². The van der Waals surface area contributed by atoms with Gasteiger partial charge in [0.2, 0.25) is 11.8 Å². The van der Waals surface area contributed by atoms with Crippen molar-refractivity contribution in [1.29, 1.82) is 0 Å². The molecule has 1 heterocycles. The normalized spacial score (nSPS) is 23.8. The number of para-hydroxylation sites is 1. The molecule has 0 bridgehead atoms. The largest absolute Gasteiger partial charge is 0.508 e. The van der Waals surface area contributed by atoms with Crippen molar-refractivity contribution >= 4 is 11.8 Å². The highest BCUT2D eigenvalue weighted by atomic mass is 16.3. The first-order valence-corrected chi connectivity index (χ1v) is 9.55. The van der Waals surface area contributed by atoms with E-state index < -0.39 is 6.10 Å². The van der Waals surface area contributed by atoms with Gasteiger partial charge in [0.25, 0.3) is 0 Å². The van der Waals surface area contributed by atoms with Crippen molar-refractivity contribution < 1.29 is 19.8 Å². The lowest BCUT2D eigenvalue weighted by Crippen LogP contribution is -2.50. The zero-order valence-corrected chi connectivity index (χ0v) is 15.1. The number of aliphatic hydroxyl groups excluding tert-OH is 1. The second kappa shape index (κ2) is 8.54. The van der Waals surface area contributed by atoms with Crippen molar-refractivity contribution in [2.75, 3.05) is 19.6 Å². The van der Waals surface area contributed by atoms with E-state index in [1.54, 1.807) is 29.2 Å². The van der Waals surface area contributed by atoms with Gasteiger partial charge in [-0.1, -0.05) is 31.0 Å². The van der Waals surface area contributed by atoms with Crippen LogP contribution in [0.25, 0.3) is 0 Å². The monoisotopic (exact) mass is 360 g/mol. The van der Waals surface area contributed by atoms with Crippen molar-refractivity contribution in [3.8, 4) is 5.75 Å². The van der Waals surface area contributed by atoms with Crippen LogP contribution in [0.3, 0.4) is 0 Å². The fourth-order valence-corrected chi connectivity index (χ4v) is 3.94. The van der Waals surface area contributed by atoms with Crippen LogP contribution in [0.4, 0.5) is 0 Å². The van der Waals surface area contributed by atoms with E-state index in [2.05, 4.69) is 5.32 Å². The Labute approximate surface area is 154 Å². The molecule has 1 aromatic rings. The number of rotatable bonds is 5. The fourth-order valence-electron chi connectivity index (χ4n) is 3.94. The quantitative estimate of drug-likeness (QED) is 0.741. The van der Waals surface area contributed by atoms with Crippen LogP contribution in [0, 0.1) is 11.8 Å². The molecular formula is C20H28N2O4. The number of hydrogen-bond acceptors (Lipinski definition) is 4. The van der Waals surface area contributed by atoms with E-state index in [1.807, 2.05) is 0 Å². The number of hydrogen-bond donors (Lipinski definition) is 3. The third-order valence-electron chi connectivity index (χ3n) is 5.67. The molecule has 26 heavy (non-hydrogen) atoms. The molecule has 0 aromatic heterocycles.